The number of aryl methyl sites for hydroxylation is 1. The highest BCUT2D eigenvalue weighted by atomic mass is 35.5. The Balaban J connectivity index is 0.00000272. The quantitative estimate of drug-likeness (QED) is 0.603. The molecule has 0 saturated heterocycles. The van der Waals surface area contributed by atoms with Gasteiger partial charge in [-0.25, -0.2) is 14.1 Å². The van der Waals surface area contributed by atoms with Gasteiger partial charge in [0, 0.05) is 18.7 Å². The summed E-state index contributed by atoms with van der Waals surface area (Å²) < 4.78 is 15.6. The number of anilines is 3. The second-order valence-corrected chi connectivity index (χ2v) is 7.64. The molecule has 0 bridgehead atoms. The van der Waals surface area contributed by atoms with Gasteiger partial charge in [0.2, 0.25) is 5.91 Å². The van der Waals surface area contributed by atoms with E-state index in [1.165, 1.54) is 6.07 Å². The minimum absolute atomic E-state index is 0. The summed E-state index contributed by atoms with van der Waals surface area (Å²) >= 11 is 5.83. The fraction of sp³-hybridized carbons (Fsp3) is 0.300. The zero-order chi connectivity index (χ0) is 21.4. The smallest absolute Gasteiger partial charge is 0.246 e. The van der Waals surface area contributed by atoms with Crippen molar-refractivity contribution in [3.8, 4) is 0 Å². The Labute approximate surface area is 191 Å². The van der Waals surface area contributed by atoms with E-state index in [2.05, 4.69) is 25.9 Å². The SMILES string of the molecule is Cc1nc(NCc2cn(Cc3cccc(Cl)c3F)nn2)cc2c1NC(=O)[C@H](C)N2C.S. The van der Waals surface area contributed by atoms with Crippen LogP contribution in [-0.4, -0.2) is 39.0 Å². The number of carbonyl (C=O) groups is 1. The molecule has 0 fully saturated rings. The molecule has 2 N–H and O–H groups in total. The summed E-state index contributed by atoms with van der Waals surface area (Å²) in [6, 6.07) is 6.50. The van der Waals surface area contributed by atoms with Crippen molar-refractivity contribution in [2.45, 2.75) is 33.0 Å². The molecule has 31 heavy (non-hydrogen) atoms. The van der Waals surface area contributed by atoms with Gasteiger partial charge in [0.25, 0.3) is 0 Å². The molecule has 8 nitrogen and oxygen atoms in total. The topological polar surface area (TPSA) is 88.0 Å². The second kappa shape index (κ2) is 9.11. The van der Waals surface area contributed by atoms with Crippen LogP contribution in [0.15, 0.2) is 30.5 Å². The van der Waals surface area contributed by atoms with Crippen LogP contribution in [0.5, 0.6) is 0 Å². The summed E-state index contributed by atoms with van der Waals surface area (Å²) in [7, 11) is 1.88. The van der Waals surface area contributed by atoms with Crippen LogP contribution >= 0.6 is 25.1 Å². The molecule has 11 heteroatoms. The maximum absolute atomic E-state index is 14.1. The van der Waals surface area contributed by atoms with E-state index in [0.717, 1.165) is 17.1 Å². The molecule has 0 aliphatic carbocycles. The van der Waals surface area contributed by atoms with Gasteiger partial charge in [-0.1, -0.05) is 28.9 Å². The zero-order valence-electron chi connectivity index (χ0n) is 17.3. The summed E-state index contributed by atoms with van der Waals surface area (Å²) in [4.78, 5) is 18.5. The molecule has 2 aromatic heterocycles. The molecule has 1 atom stereocenters. The third-order valence-electron chi connectivity index (χ3n) is 5.17. The van der Waals surface area contributed by atoms with Gasteiger partial charge < -0.3 is 15.5 Å². The lowest BCUT2D eigenvalue weighted by Crippen LogP contribution is -2.44. The predicted octanol–water partition coefficient (Wildman–Crippen LogP) is 3.32. The zero-order valence-corrected chi connectivity index (χ0v) is 19.0. The first-order valence-electron chi connectivity index (χ1n) is 9.44. The molecule has 0 saturated carbocycles. The number of halogens is 2. The van der Waals surface area contributed by atoms with Gasteiger partial charge in [-0.2, -0.15) is 13.5 Å². The molecule has 3 aromatic rings. The molecular formula is C20H23ClFN7OS. The molecule has 1 amide bonds. The number of benzene rings is 1. The number of hydrogen-bond acceptors (Lipinski definition) is 6. The molecule has 1 aliphatic heterocycles. The standard InChI is InChI=1S/C20H21ClFN7O.H2S/c1-11-19-16(28(3)12(2)20(30)25-19)7-17(24-11)23-8-14-10-29(27-26-14)9-13-5-4-6-15(21)18(13)22;/h4-7,10,12H,8-9H2,1-3H3,(H,23,24)(H,25,30);1H2/t12-;/m0./s1. The molecule has 3 heterocycles. The number of pyridine rings is 1. The fourth-order valence-electron chi connectivity index (χ4n) is 3.31. The van der Waals surface area contributed by atoms with Crippen molar-refractivity contribution in [3.05, 3.63) is 58.3 Å². The van der Waals surface area contributed by atoms with Crippen LogP contribution in [0.3, 0.4) is 0 Å². The molecule has 1 aliphatic rings. The number of amides is 1. The number of nitrogens with one attached hydrogen (secondary N) is 2. The Morgan fingerprint density at radius 1 is 1.35 bits per heavy atom. The van der Waals surface area contributed by atoms with Crippen LogP contribution in [0.25, 0.3) is 0 Å². The first kappa shape index (κ1) is 22.8. The van der Waals surface area contributed by atoms with Crippen molar-refractivity contribution in [1.82, 2.24) is 20.0 Å². The molecular weight excluding hydrogens is 441 g/mol. The van der Waals surface area contributed by atoms with Gasteiger partial charge in [0.05, 0.1) is 41.4 Å². The van der Waals surface area contributed by atoms with Crippen molar-refractivity contribution in [3.63, 3.8) is 0 Å². The molecule has 0 unspecified atom stereocenters. The number of aromatic nitrogens is 4. The highest BCUT2D eigenvalue weighted by Crippen LogP contribution is 2.34. The first-order chi connectivity index (χ1) is 14.3. The van der Waals surface area contributed by atoms with E-state index in [9.17, 15) is 9.18 Å². The maximum Gasteiger partial charge on any atom is 0.246 e. The highest BCUT2D eigenvalue weighted by Gasteiger charge is 2.28. The maximum atomic E-state index is 14.1. The third-order valence-corrected chi connectivity index (χ3v) is 5.46. The molecule has 4 rings (SSSR count). The number of fused-ring (bicyclic) bond motifs is 1. The Morgan fingerprint density at radius 3 is 2.90 bits per heavy atom. The van der Waals surface area contributed by atoms with Crippen LogP contribution < -0.4 is 15.5 Å². The van der Waals surface area contributed by atoms with E-state index in [4.69, 9.17) is 11.6 Å². The Kier molecular flexibility index (Phi) is 6.71. The molecule has 0 spiro atoms. The van der Waals surface area contributed by atoms with Crippen LogP contribution in [0.2, 0.25) is 5.02 Å². The lowest BCUT2D eigenvalue weighted by molar-refractivity contribution is -0.117. The van der Waals surface area contributed by atoms with Crippen LogP contribution in [0.4, 0.5) is 21.6 Å². The average Bonchev–Trinajstić information content (AvgIpc) is 3.16. The summed E-state index contributed by atoms with van der Waals surface area (Å²) in [5.74, 6) is 0.161. The van der Waals surface area contributed by atoms with Crippen molar-refractivity contribution < 1.29 is 9.18 Å². The van der Waals surface area contributed by atoms with Crippen molar-refractivity contribution >= 4 is 48.2 Å². The summed E-state index contributed by atoms with van der Waals surface area (Å²) in [5.41, 5.74) is 3.47. The van der Waals surface area contributed by atoms with E-state index in [1.54, 1.807) is 23.0 Å². The largest absolute Gasteiger partial charge is 0.364 e. The monoisotopic (exact) mass is 463 g/mol. The number of rotatable bonds is 5. The van der Waals surface area contributed by atoms with Crippen LogP contribution in [0, 0.1) is 12.7 Å². The third kappa shape index (κ3) is 4.59. The first-order valence-corrected chi connectivity index (χ1v) is 9.82. The highest BCUT2D eigenvalue weighted by molar-refractivity contribution is 7.59. The van der Waals surface area contributed by atoms with E-state index < -0.39 is 5.82 Å². The summed E-state index contributed by atoms with van der Waals surface area (Å²) in [6.45, 7) is 4.33. The Hall–Kier alpha value is -2.85. The van der Waals surface area contributed by atoms with E-state index in [1.807, 2.05) is 31.9 Å². The number of nitrogens with zero attached hydrogens (tertiary/aromatic N) is 5. The second-order valence-electron chi connectivity index (χ2n) is 7.24. The predicted molar refractivity (Wildman–Crippen MR) is 124 cm³/mol. The number of likely N-dealkylation sites (N-methyl/N-ethyl adjacent to an activating group) is 1. The van der Waals surface area contributed by atoms with Crippen molar-refractivity contribution in [2.75, 3.05) is 22.6 Å². The molecule has 0 radical (unpaired) electrons. The molecule has 164 valence electrons. The van der Waals surface area contributed by atoms with Crippen molar-refractivity contribution in [2.24, 2.45) is 0 Å². The van der Waals surface area contributed by atoms with E-state index in [0.29, 0.717) is 23.6 Å². The Bertz CT molecular complexity index is 1120. The van der Waals surface area contributed by atoms with Gasteiger partial charge >= 0.3 is 0 Å². The minimum atomic E-state index is -0.450. The van der Waals surface area contributed by atoms with Gasteiger partial charge in [-0.05, 0) is 19.9 Å². The van der Waals surface area contributed by atoms with Gasteiger partial charge in [-0.15, -0.1) is 5.10 Å². The normalized spacial score (nSPS) is 15.2. The lowest BCUT2D eigenvalue weighted by atomic mass is 10.1. The van der Waals surface area contributed by atoms with Crippen molar-refractivity contribution in [1.29, 1.82) is 0 Å². The average molecular weight is 464 g/mol. The summed E-state index contributed by atoms with van der Waals surface area (Å²) in [6.07, 6.45) is 1.74. The minimum Gasteiger partial charge on any atom is -0.364 e. The van der Waals surface area contributed by atoms with Gasteiger partial charge in [0.15, 0.2) is 0 Å². The molecule has 1 aromatic carbocycles. The van der Waals surface area contributed by atoms with Gasteiger partial charge in [-0.3, -0.25) is 4.79 Å². The van der Waals surface area contributed by atoms with E-state index in [-0.39, 0.29) is 37.0 Å². The van der Waals surface area contributed by atoms with Crippen LogP contribution in [-0.2, 0) is 17.9 Å². The number of carbonyl (C=O) groups excluding carboxylic acids is 1. The number of hydrogen-bond donors (Lipinski definition) is 2. The van der Waals surface area contributed by atoms with Crippen LogP contribution in [0.1, 0.15) is 23.9 Å². The lowest BCUT2D eigenvalue weighted by Gasteiger charge is -2.34. The Morgan fingerprint density at radius 2 is 2.13 bits per heavy atom. The summed E-state index contributed by atoms with van der Waals surface area (Å²) in [5, 5.41) is 14.4. The van der Waals surface area contributed by atoms with Gasteiger partial charge in [0.1, 0.15) is 23.4 Å². The fourth-order valence-corrected chi connectivity index (χ4v) is 3.51. The van der Waals surface area contributed by atoms with E-state index >= 15 is 0 Å².